The number of anilines is 1. The lowest BCUT2D eigenvalue weighted by Gasteiger charge is -2.35. The molecule has 3 heterocycles. The number of rotatable bonds is 2. The number of hydrogen-bond acceptors (Lipinski definition) is 6. The van der Waals surface area contributed by atoms with Gasteiger partial charge in [0.2, 0.25) is 0 Å². The van der Waals surface area contributed by atoms with Crippen LogP contribution in [0.15, 0.2) is 10.9 Å². The minimum Gasteiger partial charge on any atom is -0.363 e. The van der Waals surface area contributed by atoms with Gasteiger partial charge in [0.15, 0.2) is 0 Å². The van der Waals surface area contributed by atoms with Crippen LogP contribution in [-0.2, 0) is 5.66 Å². The summed E-state index contributed by atoms with van der Waals surface area (Å²) in [5, 5.41) is 6.43. The van der Waals surface area contributed by atoms with Crippen molar-refractivity contribution in [2.75, 3.05) is 11.9 Å². The predicted molar refractivity (Wildman–Crippen MR) is 85.9 cm³/mol. The van der Waals surface area contributed by atoms with Gasteiger partial charge in [0.25, 0.3) is 11.5 Å². The van der Waals surface area contributed by atoms with E-state index in [9.17, 15) is 9.59 Å². The van der Waals surface area contributed by atoms with Crippen LogP contribution >= 0.6 is 11.6 Å². The van der Waals surface area contributed by atoms with Gasteiger partial charge in [0.05, 0.1) is 5.02 Å². The fourth-order valence-electron chi connectivity index (χ4n) is 3.74. The molecular formula is C14H19ClN6O2. The second kappa shape index (κ2) is 5.48. The molecule has 1 atom stereocenters. The summed E-state index contributed by atoms with van der Waals surface area (Å²) in [6, 6.07) is 1.54. The molecule has 124 valence electrons. The Balaban J connectivity index is 1.81. The molecule has 0 radical (unpaired) electrons. The molecule has 3 aliphatic rings. The van der Waals surface area contributed by atoms with Gasteiger partial charge < -0.3 is 10.6 Å². The Bertz CT molecular complexity index is 706. The highest BCUT2D eigenvalue weighted by atomic mass is 35.5. The van der Waals surface area contributed by atoms with Crippen molar-refractivity contribution in [3.8, 4) is 0 Å². The summed E-state index contributed by atoms with van der Waals surface area (Å²) in [4.78, 5) is 25.4. The lowest BCUT2D eigenvalue weighted by Crippen LogP contribution is -2.49. The molecule has 1 saturated carbocycles. The van der Waals surface area contributed by atoms with Crippen molar-refractivity contribution in [1.29, 1.82) is 0 Å². The zero-order chi connectivity index (χ0) is 16.0. The highest BCUT2D eigenvalue weighted by Crippen LogP contribution is 2.38. The van der Waals surface area contributed by atoms with E-state index in [1.54, 1.807) is 4.57 Å². The first-order valence-corrected chi connectivity index (χ1v) is 8.27. The number of hydrogen-bond donors (Lipinski definition) is 5. The van der Waals surface area contributed by atoms with Crippen molar-refractivity contribution in [2.45, 2.75) is 43.9 Å². The maximum atomic E-state index is 13.0. The van der Waals surface area contributed by atoms with Crippen LogP contribution in [0.2, 0.25) is 5.02 Å². The zero-order valence-electron chi connectivity index (χ0n) is 12.5. The molecule has 1 amide bonds. The second-order valence-electron chi connectivity index (χ2n) is 6.29. The molecule has 1 unspecified atom stereocenters. The number of pyridine rings is 1. The summed E-state index contributed by atoms with van der Waals surface area (Å²) in [6.07, 6.45) is 4.48. The molecule has 4 rings (SSSR count). The van der Waals surface area contributed by atoms with E-state index in [4.69, 9.17) is 11.6 Å². The fourth-order valence-corrected chi connectivity index (χ4v) is 4.02. The van der Waals surface area contributed by atoms with Crippen LogP contribution < -0.4 is 32.6 Å². The van der Waals surface area contributed by atoms with E-state index in [1.807, 2.05) is 0 Å². The Morgan fingerprint density at radius 2 is 2.04 bits per heavy atom. The number of carbonyl (C=O) groups is 1. The van der Waals surface area contributed by atoms with E-state index < -0.39 is 5.66 Å². The summed E-state index contributed by atoms with van der Waals surface area (Å²) in [6.45, 7) is 0.612. The lowest BCUT2D eigenvalue weighted by molar-refractivity contribution is 0.0877. The van der Waals surface area contributed by atoms with E-state index in [2.05, 4.69) is 27.0 Å². The Kier molecular flexibility index (Phi) is 3.56. The van der Waals surface area contributed by atoms with Gasteiger partial charge in [-0.15, -0.1) is 0 Å². The Morgan fingerprint density at radius 3 is 2.74 bits per heavy atom. The van der Waals surface area contributed by atoms with Gasteiger partial charge in [-0.05, 0) is 31.7 Å². The van der Waals surface area contributed by atoms with Crippen LogP contribution in [0.5, 0.6) is 0 Å². The molecule has 9 heteroatoms. The molecule has 1 aliphatic carbocycles. The van der Waals surface area contributed by atoms with E-state index in [1.165, 1.54) is 6.07 Å². The maximum absolute atomic E-state index is 13.0. The van der Waals surface area contributed by atoms with Crippen molar-refractivity contribution in [2.24, 2.45) is 0 Å². The first-order chi connectivity index (χ1) is 11.1. The van der Waals surface area contributed by atoms with E-state index in [-0.39, 0.29) is 23.3 Å². The van der Waals surface area contributed by atoms with Crippen molar-refractivity contribution >= 4 is 23.2 Å². The largest absolute Gasteiger partial charge is 0.363 e. The highest BCUT2D eigenvalue weighted by Gasteiger charge is 2.45. The summed E-state index contributed by atoms with van der Waals surface area (Å²) >= 11 is 6.32. The number of carbonyl (C=O) groups excluding carboxylic acids is 1. The average Bonchev–Trinajstić information content (AvgIpc) is 3.12. The van der Waals surface area contributed by atoms with Gasteiger partial charge in [-0.25, -0.2) is 10.9 Å². The van der Waals surface area contributed by atoms with Gasteiger partial charge >= 0.3 is 0 Å². The van der Waals surface area contributed by atoms with Crippen LogP contribution in [0.1, 0.15) is 42.6 Å². The molecule has 8 nitrogen and oxygen atoms in total. The van der Waals surface area contributed by atoms with Gasteiger partial charge in [-0.2, -0.15) is 5.53 Å². The number of nitrogens with one attached hydrogen (secondary N) is 5. The van der Waals surface area contributed by atoms with Gasteiger partial charge in [0, 0.05) is 6.54 Å². The number of amides is 1. The Hall–Kier alpha value is -1.61. The monoisotopic (exact) mass is 338 g/mol. The van der Waals surface area contributed by atoms with Gasteiger partial charge in [-0.3, -0.25) is 14.2 Å². The molecule has 23 heavy (non-hydrogen) atoms. The summed E-state index contributed by atoms with van der Waals surface area (Å²) < 4.78 is 1.58. The zero-order valence-corrected chi connectivity index (χ0v) is 13.3. The van der Waals surface area contributed by atoms with Gasteiger partial charge in [-0.1, -0.05) is 18.0 Å². The molecule has 0 aromatic carbocycles. The lowest BCUT2D eigenvalue weighted by atomic mass is 9.89. The Labute approximate surface area is 137 Å². The minimum absolute atomic E-state index is 0.134. The summed E-state index contributed by atoms with van der Waals surface area (Å²) in [5.41, 5.74) is 8.47. The second-order valence-corrected chi connectivity index (χ2v) is 6.70. The number of nitrogens with zero attached hydrogens (tertiary/aromatic N) is 1. The maximum Gasteiger partial charge on any atom is 0.276 e. The molecule has 2 aliphatic heterocycles. The molecule has 1 aromatic heterocycles. The van der Waals surface area contributed by atoms with Crippen molar-refractivity contribution in [3.05, 3.63) is 27.1 Å². The normalized spacial score (nSPS) is 25.4. The predicted octanol–water partition coefficient (Wildman–Crippen LogP) is 0.212. The molecule has 1 spiro atoms. The molecule has 0 bridgehead atoms. The quantitative estimate of drug-likeness (QED) is 0.529. The molecular weight excluding hydrogens is 320 g/mol. The molecule has 5 N–H and O–H groups in total. The van der Waals surface area contributed by atoms with Crippen molar-refractivity contribution in [1.82, 2.24) is 26.3 Å². The first kappa shape index (κ1) is 14.9. The topological polar surface area (TPSA) is 99.2 Å². The van der Waals surface area contributed by atoms with Crippen LogP contribution in [-0.4, -0.2) is 23.2 Å². The minimum atomic E-state index is -0.622. The smallest absolute Gasteiger partial charge is 0.276 e. The average molecular weight is 339 g/mol. The fraction of sp³-hybridized carbons (Fsp3) is 0.571. The van der Waals surface area contributed by atoms with Crippen molar-refractivity contribution < 1.29 is 4.79 Å². The van der Waals surface area contributed by atoms with E-state index in [0.29, 0.717) is 17.3 Å². The molecule has 2 fully saturated rings. The third kappa shape index (κ3) is 2.33. The number of hydrazine groups is 2. The highest BCUT2D eigenvalue weighted by molar-refractivity contribution is 6.34. The summed E-state index contributed by atoms with van der Waals surface area (Å²) in [5.74, 6) is -0.261. The summed E-state index contributed by atoms with van der Waals surface area (Å²) in [7, 11) is 0. The third-order valence-corrected chi connectivity index (χ3v) is 5.08. The third-order valence-electron chi connectivity index (χ3n) is 4.80. The standard InChI is InChI=1S/C14H19ClN6O2/c15-8-6-9(17-10-7-16-20-19-10)13(23)21-11(8)12(22)18-14(21)4-2-1-3-5-14/h6,10,16-17,19-20H,1-5,7H2,(H,18,22). The Morgan fingerprint density at radius 1 is 1.26 bits per heavy atom. The number of halogens is 1. The number of fused-ring (bicyclic) bond motifs is 2. The van der Waals surface area contributed by atoms with E-state index in [0.717, 1.165) is 32.1 Å². The molecule has 1 aromatic rings. The first-order valence-electron chi connectivity index (χ1n) is 7.89. The van der Waals surface area contributed by atoms with Crippen LogP contribution in [0.3, 0.4) is 0 Å². The van der Waals surface area contributed by atoms with Crippen LogP contribution in [0.25, 0.3) is 0 Å². The van der Waals surface area contributed by atoms with Crippen molar-refractivity contribution in [3.63, 3.8) is 0 Å². The molecule has 1 saturated heterocycles. The van der Waals surface area contributed by atoms with Gasteiger partial charge in [0.1, 0.15) is 23.2 Å². The number of aromatic nitrogens is 1. The van der Waals surface area contributed by atoms with Crippen LogP contribution in [0.4, 0.5) is 5.69 Å². The van der Waals surface area contributed by atoms with Crippen LogP contribution in [0, 0.1) is 0 Å². The SMILES string of the molecule is O=C1NC2(CCCCC2)n2c1c(Cl)cc(NC1CNNN1)c2=O. The van der Waals surface area contributed by atoms with E-state index >= 15 is 0 Å².